The van der Waals surface area contributed by atoms with Crippen LogP contribution < -0.4 is 5.32 Å². The first-order valence-corrected chi connectivity index (χ1v) is 7.10. The van der Waals surface area contributed by atoms with Crippen molar-refractivity contribution in [3.05, 3.63) is 72.2 Å². The minimum absolute atomic E-state index is 0.321. The maximum Gasteiger partial charge on any atom is 0.0935 e. The van der Waals surface area contributed by atoms with Crippen LogP contribution in [-0.4, -0.2) is 6.54 Å². The Kier molecular flexibility index (Phi) is 3.84. The highest BCUT2D eigenvalue weighted by molar-refractivity contribution is 5.83. The van der Waals surface area contributed by atoms with Gasteiger partial charge in [-0.3, -0.25) is 0 Å². The maximum atomic E-state index is 5.17. The number of benzene rings is 2. The first kappa shape index (κ1) is 12.9. The van der Waals surface area contributed by atoms with E-state index >= 15 is 0 Å². The molecule has 2 nitrogen and oxygen atoms in total. The molecule has 0 saturated heterocycles. The molecular formula is C18H19NO. The summed E-state index contributed by atoms with van der Waals surface area (Å²) >= 11 is 0. The van der Waals surface area contributed by atoms with Crippen LogP contribution in [0.1, 0.15) is 24.1 Å². The van der Waals surface area contributed by atoms with Gasteiger partial charge in [0.05, 0.1) is 12.5 Å². The van der Waals surface area contributed by atoms with Gasteiger partial charge in [0.2, 0.25) is 0 Å². The second-order valence-electron chi connectivity index (χ2n) is 5.05. The number of nitrogens with one attached hydrogen (secondary N) is 1. The topological polar surface area (TPSA) is 25.2 Å². The molecule has 1 N–H and O–H groups in total. The van der Waals surface area contributed by atoms with Gasteiger partial charge in [-0.05, 0) is 47.0 Å². The van der Waals surface area contributed by atoms with Gasteiger partial charge in [0.25, 0.3) is 0 Å². The van der Waals surface area contributed by atoms with E-state index in [2.05, 4.69) is 54.7 Å². The second-order valence-corrected chi connectivity index (χ2v) is 5.05. The first-order chi connectivity index (χ1) is 9.86. The van der Waals surface area contributed by atoms with Crippen molar-refractivity contribution < 1.29 is 4.42 Å². The molecule has 1 atom stereocenters. The average Bonchev–Trinajstić information content (AvgIpc) is 2.99. The lowest BCUT2D eigenvalue weighted by Crippen LogP contribution is -2.22. The monoisotopic (exact) mass is 265 g/mol. The van der Waals surface area contributed by atoms with Crippen LogP contribution in [-0.2, 0) is 6.42 Å². The Bertz CT molecular complexity index is 673. The van der Waals surface area contributed by atoms with E-state index in [-0.39, 0.29) is 0 Å². The zero-order valence-corrected chi connectivity index (χ0v) is 11.7. The van der Waals surface area contributed by atoms with Crippen molar-refractivity contribution in [1.29, 1.82) is 0 Å². The summed E-state index contributed by atoms with van der Waals surface area (Å²) in [5.74, 6) is 0. The third kappa shape index (κ3) is 2.75. The molecule has 1 aromatic heterocycles. The van der Waals surface area contributed by atoms with E-state index in [1.165, 1.54) is 21.9 Å². The SMILES string of the molecule is CCNC(Cc1ccoc1)c1ccc2ccccc2c1. The van der Waals surface area contributed by atoms with Gasteiger partial charge in [-0.25, -0.2) is 0 Å². The van der Waals surface area contributed by atoms with Crippen molar-refractivity contribution in [3.63, 3.8) is 0 Å². The summed E-state index contributed by atoms with van der Waals surface area (Å²) in [7, 11) is 0. The van der Waals surface area contributed by atoms with E-state index in [4.69, 9.17) is 4.42 Å². The molecule has 0 fully saturated rings. The Balaban J connectivity index is 1.91. The van der Waals surface area contributed by atoms with Crippen LogP contribution in [0.5, 0.6) is 0 Å². The smallest absolute Gasteiger partial charge is 0.0935 e. The van der Waals surface area contributed by atoms with Crippen LogP contribution in [0.4, 0.5) is 0 Å². The van der Waals surface area contributed by atoms with Crippen molar-refractivity contribution in [2.75, 3.05) is 6.54 Å². The van der Waals surface area contributed by atoms with E-state index in [1.54, 1.807) is 6.26 Å². The van der Waals surface area contributed by atoms with Crippen LogP contribution in [0.25, 0.3) is 10.8 Å². The second kappa shape index (κ2) is 5.93. The van der Waals surface area contributed by atoms with Crippen LogP contribution in [0.15, 0.2) is 65.5 Å². The molecule has 20 heavy (non-hydrogen) atoms. The van der Waals surface area contributed by atoms with E-state index in [0.29, 0.717) is 6.04 Å². The lowest BCUT2D eigenvalue weighted by atomic mass is 9.97. The van der Waals surface area contributed by atoms with Gasteiger partial charge in [0, 0.05) is 6.04 Å². The van der Waals surface area contributed by atoms with Gasteiger partial charge in [0.15, 0.2) is 0 Å². The number of hydrogen-bond acceptors (Lipinski definition) is 2. The molecule has 0 aliphatic carbocycles. The fourth-order valence-electron chi connectivity index (χ4n) is 2.62. The Morgan fingerprint density at radius 3 is 2.65 bits per heavy atom. The molecule has 0 aliphatic rings. The molecule has 0 radical (unpaired) electrons. The summed E-state index contributed by atoms with van der Waals surface area (Å²) in [5.41, 5.74) is 2.55. The third-order valence-corrected chi connectivity index (χ3v) is 3.65. The Labute approximate surface area is 119 Å². The fourth-order valence-corrected chi connectivity index (χ4v) is 2.62. The van der Waals surface area contributed by atoms with Crippen molar-refractivity contribution in [2.45, 2.75) is 19.4 Å². The predicted octanol–water partition coefficient (Wildman–Crippen LogP) is 4.33. The molecule has 3 aromatic rings. The van der Waals surface area contributed by atoms with Crippen molar-refractivity contribution >= 4 is 10.8 Å². The highest BCUT2D eigenvalue weighted by Gasteiger charge is 2.12. The normalized spacial score (nSPS) is 12.7. The van der Waals surface area contributed by atoms with Crippen LogP contribution in [0.3, 0.4) is 0 Å². The van der Waals surface area contributed by atoms with E-state index in [9.17, 15) is 0 Å². The summed E-state index contributed by atoms with van der Waals surface area (Å²) < 4.78 is 5.17. The first-order valence-electron chi connectivity index (χ1n) is 7.10. The van der Waals surface area contributed by atoms with Crippen LogP contribution in [0, 0.1) is 0 Å². The molecule has 0 aliphatic heterocycles. The number of hydrogen-bond donors (Lipinski definition) is 1. The predicted molar refractivity (Wildman–Crippen MR) is 82.8 cm³/mol. The van der Waals surface area contributed by atoms with Gasteiger partial charge >= 0.3 is 0 Å². The number of likely N-dealkylation sites (N-methyl/N-ethyl adjacent to an activating group) is 1. The molecule has 0 bridgehead atoms. The third-order valence-electron chi connectivity index (χ3n) is 3.65. The van der Waals surface area contributed by atoms with Crippen LogP contribution in [0.2, 0.25) is 0 Å². The highest BCUT2D eigenvalue weighted by atomic mass is 16.3. The van der Waals surface area contributed by atoms with Crippen LogP contribution >= 0.6 is 0 Å². The number of furan rings is 1. The lowest BCUT2D eigenvalue weighted by Gasteiger charge is -2.18. The number of rotatable bonds is 5. The summed E-state index contributed by atoms with van der Waals surface area (Å²) in [4.78, 5) is 0. The Hall–Kier alpha value is -2.06. The highest BCUT2D eigenvalue weighted by Crippen LogP contribution is 2.23. The maximum absolute atomic E-state index is 5.17. The van der Waals surface area contributed by atoms with Gasteiger partial charge in [-0.2, -0.15) is 0 Å². The number of fused-ring (bicyclic) bond motifs is 1. The minimum Gasteiger partial charge on any atom is -0.472 e. The van der Waals surface area contributed by atoms with Gasteiger partial charge < -0.3 is 9.73 Å². The molecule has 1 unspecified atom stereocenters. The summed E-state index contributed by atoms with van der Waals surface area (Å²) in [6.45, 7) is 3.10. The lowest BCUT2D eigenvalue weighted by molar-refractivity contribution is 0.535. The molecular weight excluding hydrogens is 246 g/mol. The summed E-state index contributed by atoms with van der Waals surface area (Å²) in [6, 6.07) is 17.5. The Morgan fingerprint density at radius 1 is 1.05 bits per heavy atom. The molecule has 0 spiro atoms. The molecule has 102 valence electrons. The molecule has 1 heterocycles. The molecule has 2 heteroatoms. The molecule has 0 amide bonds. The standard InChI is InChI=1S/C18H19NO/c1-2-19-18(11-14-9-10-20-13-14)17-8-7-15-5-3-4-6-16(15)12-17/h3-10,12-13,18-19H,2,11H2,1H3. The molecule has 3 rings (SSSR count). The van der Waals surface area contributed by atoms with Crippen molar-refractivity contribution in [1.82, 2.24) is 5.32 Å². The fraction of sp³-hybridized carbons (Fsp3) is 0.222. The zero-order chi connectivity index (χ0) is 13.8. The minimum atomic E-state index is 0.321. The molecule has 0 saturated carbocycles. The summed E-state index contributed by atoms with van der Waals surface area (Å²) in [6.07, 6.45) is 4.51. The van der Waals surface area contributed by atoms with Gasteiger partial charge in [-0.1, -0.05) is 43.3 Å². The Morgan fingerprint density at radius 2 is 1.90 bits per heavy atom. The van der Waals surface area contributed by atoms with E-state index in [1.807, 2.05) is 12.3 Å². The average molecular weight is 265 g/mol. The molecule has 2 aromatic carbocycles. The quantitative estimate of drug-likeness (QED) is 0.743. The van der Waals surface area contributed by atoms with E-state index < -0.39 is 0 Å². The van der Waals surface area contributed by atoms with Gasteiger partial charge in [-0.15, -0.1) is 0 Å². The zero-order valence-electron chi connectivity index (χ0n) is 11.7. The summed E-state index contributed by atoms with van der Waals surface area (Å²) in [5, 5.41) is 6.14. The van der Waals surface area contributed by atoms with Gasteiger partial charge in [0.1, 0.15) is 0 Å². The van der Waals surface area contributed by atoms with Crippen molar-refractivity contribution in [3.8, 4) is 0 Å². The largest absolute Gasteiger partial charge is 0.472 e. The van der Waals surface area contributed by atoms with Crippen molar-refractivity contribution in [2.24, 2.45) is 0 Å². The van der Waals surface area contributed by atoms with E-state index in [0.717, 1.165) is 13.0 Å².